The monoisotopic (exact) mass is 702 g/mol. The number of hydrogen-bond donors (Lipinski definition) is 0. The van der Waals surface area contributed by atoms with Gasteiger partial charge in [0.1, 0.15) is 0 Å². The third-order valence-corrected chi connectivity index (χ3v) is 13.2. The van der Waals surface area contributed by atoms with E-state index in [1.165, 1.54) is 98.2 Å². The van der Waals surface area contributed by atoms with Gasteiger partial charge in [-0.15, -0.1) is 0 Å². The van der Waals surface area contributed by atoms with E-state index in [4.69, 9.17) is 0 Å². The fourth-order valence-electron chi connectivity index (χ4n) is 7.83. The Morgan fingerprint density at radius 2 is 0.654 bits per heavy atom. The molecule has 0 saturated heterocycles. The molecule has 0 atom stereocenters. The van der Waals surface area contributed by atoms with E-state index in [1.807, 2.05) is 0 Å². The molecular formula is C50H40P2. The van der Waals surface area contributed by atoms with E-state index < -0.39 is 0 Å². The highest BCUT2D eigenvalue weighted by molar-refractivity contribution is 7.64. The fourth-order valence-corrected chi connectivity index (χ4v) is 9.39. The maximum atomic E-state index is 2.46. The molecule has 0 aliphatic rings. The topological polar surface area (TPSA) is 0 Å². The lowest BCUT2D eigenvalue weighted by Gasteiger charge is -2.20. The van der Waals surface area contributed by atoms with E-state index in [9.17, 15) is 0 Å². The Balaban J connectivity index is 1.41. The Kier molecular flexibility index (Phi) is 8.48. The number of rotatable bonds is 6. The van der Waals surface area contributed by atoms with Crippen molar-refractivity contribution >= 4 is 69.5 Å². The molecule has 0 unspecified atom stereocenters. The SMILES string of the molecule is CP(C)c1cccc(-c2ccc3c(-c4ccc5ccccc5c4)c4cc(-c5cccc(P(C)C)c5)ccc4c(-c4ccc5ccccc5c4)c3c2)c1. The molecule has 0 aliphatic carbocycles. The molecule has 9 aromatic carbocycles. The van der Waals surface area contributed by atoms with Crippen LogP contribution in [0.15, 0.2) is 170 Å². The second-order valence-corrected chi connectivity index (χ2v) is 18.9. The molecule has 0 heterocycles. The molecule has 0 nitrogen and oxygen atoms in total. The third kappa shape index (κ3) is 5.91. The average molecular weight is 703 g/mol. The second-order valence-electron chi connectivity index (χ2n) is 14.3. The Hall–Kier alpha value is -5.12. The van der Waals surface area contributed by atoms with Crippen LogP contribution in [0.2, 0.25) is 0 Å². The number of hydrogen-bond acceptors (Lipinski definition) is 0. The summed E-state index contributed by atoms with van der Waals surface area (Å²) in [6, 6.07) is 64.1. The van der Waals surface area contributed by atoms with E-state index in [0.717, 1.165) is 0 Å². The van der Waals surface area contributed by atoms with Crippen LogP contribution in [0.1, 0.15) is 0 Å². The molecule has 2 heteroatoms. The van der Waals surface area contributed by atoms with Gasteiger partial charge in [0, 0.05) is 0 Å². The van der Waals surface area contributed by atoms with Gasteiger partial charge < -0.3 is 0 Å². The number of benzene rings is 9. The highest BCUT2D eigenvalue weighted by Gasteiger charge is 2.19. The van der Waals surface area contributed by atoms with E-state index in [0.29, 0.717) is 0 Å². The summed E-state index contributed by atoms with van der Waals surface area (Å²) >= 11 is 0. The highest BCUT2D eigenvalue weighted by atomic mass is 31.1. The summed E-state index contributed by atoms with van der Waals surface area (Å²) < 4.78 is 0. The van der Waals surface area contributed by atoms with Crippen molar-refractivity contribution in [2.75, 3.05) is 26.7 Å². The van der Waals surface area contributed by atoms with Crippen molar-refractivity contribution in [2.45, 2.75) is 0 Å². The van der Waals surface area contributed by atoms with Crippen molar-refractivity contribution < 1.29 is 0 Å². The number of fused-ring (bicyclic) bond motifs is 4. The molecule has 0 fully saturated rings. The molecule has 0 amide bonds. The lowest BCUT2D eigenvalue weighted by atomic mass is 9.83. The second kappa shape index (κ2) is 13.5. The minimum atomic E-state index is -0.197. The summed E-state index contributed by atoms with van der Waals surface area (Å²) in [7, 11) is -0.395. The van der Waals surface area contributed by atoms with E-state index in [-0.39, 0.29) is 15.8 Å². The van der Waals surface area contributed by atoms with Crippen molar-refractivity contribution in [1.29, 1.82) is 0 Å². The van der Waals surface area contributed by atoms with Crippen LogP contribution in [-0.4, -0.2) is 26.7 Å². The van der Waals surface area contributed by atoms with Crippen molar-refractivity contribution in [3.05, 3.63) is 170 Å². The Bertz CT molecular complexity index is 2610. The van der Waals surface area contributed by atoms with E-state index in [2.05, 4.69) is 197 Å². The van der Waals surface area contributed by atoms with E-state index >= 15 is 0 Å². The first-order chi connectivity index (χ1) is 25.4. The van der Waals surface area contributed by atoms with Crippen molar-refractivity contribution in [3.63, 3.8) is 0 Å². The van der Waals surface area contributed by atoms with Crippen LogP contribution < -0.4 is 10.6 Å². The molecule has 0 aliphatic heterocycles. The first-order valence-electron chi connectivity index (χ1n) is 18.0. The normalized spacial score (nSPS) is 11.8. The van der Waals surface area contributed by atoms with Gasteiger partial charge in [-0.2, -0.15) is 0 Å². The quantitative estimate of drug-likeness (QED) is 0.120. The van der Waals surface area contributed by atoms with Crippen molar-refractivity contribution in [1.82, 2.24) is 0 Å². The summed E-state index contributed by atoms with van der Waals surface area (Å²) in [5.74, 6) is 0. The first kappa shape index (κ1) is 32.8. The van der Waals surface area contributed by atoms with Crippen molar-refractivity contribution in [2.24, 2.45) is 0 Å². The van der Waals surface area contributed by atoms with Gasteiger partial charge in [-0.1, -0.05) is 149 Å². The molecule has 0 aromatic heterocycles. The fraction of sp³-hybridized carbons (Fsp3) is 0.0800. The smallest absolute Gasteiger partial charge is 0.00259 e. The molecular weight excluding hydrogens is 662 g/mol. The van der Waals surface area contributed by atoms with Crippen LogP contribution in [0.5, 0.6) is 0 Å². The molecule has 0 saturated carbocycles. The Morgan fingerprint density at radius 3 is 1.08 bits per heavy atom. The maximum absolute atomic E-state index is 2.46. The molecule has 0 N–H and O–H groups in total. The van der Waals surface area contributed by atoms with Gasteiger partial charge in [-0.05, 0) is 161 Å². The van der Waals surface area contributed by atoms with Gasteiger partial charge in [0.25, 0.3) is 0 Å². The largest absolute Gasteiger partial charge is 0.0817 e. The van der Waals surface area contributed by atoms with Gasteiger partial charge in [-0.3, -0.25) is 0 Å². The summed E-state index contributed by atoms with van der Waals surface area (Å²) in [6.45, 7) is 9.34. The minimum Gasteiger partial charge on any atom is -0.0817 e. The molecule has 0 radical (unpaired) electrons. The zero-order valence-electron chi connectivity index (χ0n) is 30.1. The zero-order valence-corrected chi connectivity index (χ0v) is 31.8. The summed E-state index contributed by atoms with van der Waals surface area (Å²) in [6.07, 6.45) is 0. The van der Waals surface area contributed by atoms with Crippen molar-refractivity contribution in [3.8, 4) is 44.5 Å². The van der Waals surface area contributed by atoms with Gasteiger partial charge in [0.05, 0.1) is 0 Å². The molecule has 52 heavy (non-hydrogen) atoms. The lowest BCUT2D eigenvalue weighted by Crippen LogP contribution is -1.99. The third-order valence-electron chi connectivity index (χ3n) is 10.6. The van der Waals surface area contributed by atoms with E-state index in [1.54, 1.807) is 0 Å². The Morgan fingerprint density at radius 1 is 0.269 bits per heavy atom. The first-order valence-corrected chi connectivity index (χ1v) is 22.5. The molecule has 250 valence electrons. The Labute approximate surface area is 309 Å². The summed E-state index contributed by atoms with van der Waals surface area (Å²) in [5.41, 5.74) is 10.1. The van der Waals surface area contributed by atoms with Crippen LogP contribution in [0.4, 0.5) is 0 Å². The van der Waals surface area contributed by atoms with Crippen LogP contribution in [0.25, 0.3) is 87.6 Å². The molecule has 0 bridgehead atoms. The predicted molar refractivity (Wildman–Crippen MR) is 235 cm³/mol. The van der Waals surface area contributed by atoms with Gasteiger partial charge in [0.15, 0.2) is 0 Å². The predicted octanol–water partition coefficient (Wildman–Crippen LogP) is 13.7. The van der Waals surface area contributed by atoms with Gasteiger partial charge in [0.2, 0.25) is 0 Å². The molecule has 0 spiro atoms. The standard InChI is InChI=1S/C50H40P2/c1-51(2)43-17-9-15-37(29-43)39-23-25-45-47(31-39)49(41-21-19-33-11-5-7-13-35(33)27-41)46-26-24-40(38-16-10-18-44(30-38)52(3)4)32-48(46)50(45)42-22-20-34-12-6-8-14-36(34)28-42/h5-32H,1-4H3. The van der Waals surface area contributed by atoms with Crippen LogP contribution in [0.3, 0.4) is 0 Å². The van der Waals surface area contributed by atoms with Gasteiger partial charge >= 0.3 is 0 Å². The zero-order chi connectivity index (χ0) is 35.3. The molecule has 9 aromatic rings. The lowest BCUT2D eigenvalue weighted by molar-refractivity contribution is 1.64. The minimum absolute atomic E-state index is 0.197. The summed E-state index contributed by atoms with van der Waals surface area (Å²) in [5, 5.41) is 13.0. The molecule has 9 rings (SSSR count). The highest BCUT2D eigenvalue weighted by Crippen LogP contribution is 2.47. The van der Waals surface area contributed by atoms with Gasteiger partial charge in [-0.25, -0.2) is 0 Å². The van der Waals surface area contributed by atoms with Crippen LogP contribution in [-0.2, 0) is 0 Å². The van der Waals surface area contributed by atoms with Crippen LogP contribution in [0, 0.1) is 0 Å². The maximum Gasteiger partial charge on any atom is -0.00259 e. The average Bonchev–Trinajstić information content (AvgIpc) is 3.19. The van der Waals surface area contributed by atoms with Crippen LogP contribution >= 0.6 is 15.8 Å². The summed E-state index contributed by atoms with van der Waals surface area (Å²) in [4.78, 5) is 0.